The van der Waals surface area contributed by atoms with Crippen LogP contribution in [0.25, 0.3) is 6.08 Å². The predicted octanol–water partition coefficient (Wildman–Crippen LogP) is 3.14. The van der Waals surface area contributed by atoms with Crippen molar-refractivity contribution in [3.05, 3.63) is 47.6 Å². The van der Waals surface area contributed by atoms with Crippen LogP contribution < -0.4 is 10.2 Å². The summed E-state index contributed by atoms with van der Waals surface area (Å²) in [5.41, 5.74) is 2.42. The molecule has 0 radical (unpaired) electrons. The first-order valence-electron chi connectivity index (χ1n) is 11.2. The molecule has 0 aliphatic carbocycles. The molecule has 168 valence electrons. The second-order valence-corrected chi connectivity index (χ2v) is 8.95. The average molecular weight is 425 g/mol. The lowest BCUT2D eigenvalue weighted by Crippen LogP contribution is -2.31. The molecular weight excluding hydrogens is 388 g/mol. The van der Waals surface area contributed by atoms with Gasteiger partial charge in [0.05, 0.1) is 6.04 Å². The van der Waals surface area contributed by atoms with Gasteiger partial charge in [-0.2, -0.15) is 0 Å². The van der Waals surface area contributed by atoms with Gasteiger partial charge in [-0.25, -0.2) is 0 Å². The summed E-state index contributed by atoms with van der Waals surface area (Å²) >= 11 is 0. The summed E-state index contributed by atoms with van der Waals surface area (Å²) in [6.45, 7) is 9.54. The monoisotopic (exact) mass is 424 g/mol. The van der Waals surface area contributed by atoms with Crippen molar-refractivity contribution in [1.29, 1.82) is 0 Å². The lowest BCUT2D eigenvalue weighted by molar-refractivity contribution is -0.119. The number of nitrogens with zero attached hydrogens (tertiary/aromatic N) is 5. The van der Waals surface area contributed by atoms with E-state index in [2.05, 4.69) is 94.2 Å². The van der Waals surface area contributed by atoms with Crippen molar-refractivity contribution in [3.8, 4) is 0 Å². The summed E-state index contributed by atoms with van der Waals surface area (Å²) in [6.07, 6.45) is 6.14. The highest BCUT2D eigenvalue weighted by Crippen LogP contribution is 2.22. The van der Waals surface area contributed by atoms with Gasteiger partial charge in [-0.3, -0.25) is 9.69 Å². The molecule has 31 heavy (non-hydrogen) atoms. The normalized spacial score (nSPS) is 15.7. The van der Waals surface area contributed by atoms with E-state index < -0.39 is 0 Å². The lowest BCUT2D eigenvalue weighted by atomic mass is 10.0. The van der Waals surface area contributed by atoms with Crippen molar-refractivity contribution in [2.75, 3.05) is 38.6 Å². The van der Waals surface area contributed by atoms with E-state index in [1.54, 1.807) is 6.92 Å². The highest BCUT2D eigenvalue weighted by Gasteiger charge is 2.25. The van der Waals surface area contributed by atoms with Crippen molar-refractivity contribution in [2.45, 2.75) is 46.2 Å². The summed E-state index contributed by atoms with van der Waals surface area (Å²) in [4.78, 5) is 16.3. The molecule has 0 spiro atoms. The Hall–Kier alpha value is -2.67. The lowest BCUT2D eigenvalue weighted by Gasteiger charge is -2.21. The number of fused-ring (bicyclic) bond motifs is 1. The molecule has 7 heteroatoms. The standard InChI is InChI=1S/C24H36N6O/c1-18(2)17-22(25-19(3)31)24-27-26-23-12-14-29(15-16-30(23)24)13-6-7-20-8-10-21(11-9-20)28(4)5/h6-11,18,22H,12-17H2,1-5H3,(H,25,31)/b7-6+. The maximum atomic E-state index is 11.7. The minimum atomic E-state index is -0.0877. The summed E-state index contributed by atoms with van der Waals surface area (Å²) in [5, 5.41) is 12.0. The predicted molar refractivity (Wildman–Crippen MR) is 126 cm³/mol. The van der Waals surface area contributed by atoms with Crippen LogP contribution >= 0.6 is 0 Å². The number of hydrogen-bond donors (Lipinski definition) is 1. The van der Waals surface area contributed by atoms with E-state index in [4.69, 9.17) is 0 Å². The molecule has 7 nitrogen and oxygen atoms in total. The molecule has 3 rings (SSSR count). The Morgan fingerprint density at radius 1 is 1.16 bits per heavy atom. The summed E-state index contributed by atoms with van der Waals surface area (Å²) in [7, 11) is 4.11. The van der Waals surface area contributed by atoms with Crippen LogP contribution in [0, 0.1) is 5.92 Å². The summed E-state index contributed by atoms with van der Waals surface area (Å²) in [6, 6.07) is 8.50. The summed E-state index contributed by atoms with van der Waals surface area (Å²) in [5.74, 6) is 2.34. The van der Waals surface area contributed by atoms with Gasteiger partial charge in [0.2, 0.25) is 5.91 Å². The molecule has 1 unspecified atom stereocenters. The van der Waals surface area contributed by atoms with Crippen LogP contribution in [0.15, 0.2) is 30.3 Å². The molecule has 2 aromatic rings. The number of carbonyl (C=O) groups excluding carboxylic acids is 1. The third kappa shape index (κ3) is 6.40. The number of amides is 1. The molecule has 1 N–H and O–H groups in total. The molecule has 0 fully saturated rings. The molecule has 1 atom stereocenters. The zero-order valence-corrected chi connectivity index (χ0v) is 19.5. The molecule has 1 amide bonds. The third-order valence-electron chi connectivity index (χ3n) is 5.63. The first kappa shape index (κ1) is 23.0. The van der Waals surface area contributed by atoms with Gasteiger partial charge in [-0.15, -0.1) is 10.2 Å². The number of anilines is 1. The van der Waals surface area contributed by atoms with E-state index in [-0.39, 0.29) is 11.9 Å². The van der Waals surface area contributed by atoms with Crippen LogP contribution in [0.2, 0.25) is 0 Å². The molecule has 0 saturated heterocycles. The molecule has 1 aliphatic heterocycles. The van der Waals surface area contributed by atoms with Gasteiger partial charge in [0.15, 0.2) is 5.82 Å². The fourth-order valence-corrected chi connectivity index (χ4v) is 4.00. The molecular formula is C24H36N6O. The summed E-state index contributed by atoms with van der Waals surface area (Å²) < 4.78 is 2.21. The van der Waals surface area contributed by atoms with Gasteiger partial charge >= 0.3 is 0 Å². The number of hydrogen-bond acceptors (Lipinski definition) is 5. The minimum absolute atomic E-state index is 0.0259. The number of nitrogens with one attached hydrogen (secondary N) is 1. The maximum absolute atomic E-state index is 11.7. The minimum Gasteiger partial charge on any atom is -0.378 e. The Bertz CT molecular complexity index is 884. The van der Waals surface area contributed by atoms with E-state index in [0.717, 1.165) is 50.7 Å². The SMILES string of the molecule is CC(=O)NC(CC(C)C)c1nnc2n1CCN(C/C=C/c1ccc(N(C)C)cc1)CC2. The average Bonchev–Trinajstić information content (AvgIpc) is 3.01. The van der Waals surface area contributed by atoms with Crippen LogP contribution in [0.4, 0.5) is 5.69 Å². The fraction of sp³-hybridized carbons (Fsp3) is 0.542. The second kappa shape index (κ2) is 10.6. The van der Waals surface area contributed by atoms with Gasteiger partial charge in [-0.05, 0) is 30.0 Å². The van der Waals surface area contributed by atoms with Crippen LogP contribution in [-0.2, 0) is 17.8 Å². The Kier molecular flexibility index (Phi) is 7.85. The van der Waals surface area contributed by atoms with Crippen LogP contribution in [0.3, 0.4) is 0 Å². The smallest absolute Gasteiger partial charge is 0.217 e. The van der Waals surface area contributed by atoms with Gasteiger partial charge < -0.3 is 14.8 Å². The molecule has 0 saturated carbocycles. The van der Waals surface area contributed by atoms with Gasteiger partial charge in [0.25, 0.3) is 0 Å². The van der Waals surface area contributed by atoms with Crippen molar-refractivity contribution in [2.24, 2.45) is 5.92 Å². The van der Waals surface area contributed by atoms with Gasteiger partial charge in [0.1, 0.15) is 5.82 Å². The van der Waals surface area contributed by atoms with E-state index >= 15 is 0 Å². The highest BCUT2D eigenvalue weighted by atomic mass is 16.1. The third-order valence-corrected chi connectivity index (χ3v) is 5.63. The Labute approximate surface area is 186 Å². The largest absolute Gasteiger partial charge is 0.378 e. The van der Waals surface area contributed by atoms with Gasteiger partial charge in [0, 0.05) is 59.3 Å². The quantitative estimate of drug-likeness (QED) is 0.705. The van der Waals surface area contributed by atoms with E-state index in [0.29, 0.717) is 5.92 Å². The first-order valence-corrected chi connectivity index (χ1v) is 11.2. The number of carbonyl (C=O) groups is 1. The van der Waals surface area contributed by atoms with Crippen LogP contribution in [-0.4, -0.2) is 59.3 Å². The highest BCUT2D eigenvalue weighted by molar-refractivity contribution is 5.73. The van der Waals surface area contributed by atoms with E-state index in [9.17, 15) is 4.79 Å². The van der Waals surface area contributed by atoms with Crippen molar-refractivity contribution < 1.29 is 4.79 Å². The molecule has 1 aliphatic rings. The van der Waals surface area contributed by atoms with Crippen molar-refractivity contribution >= 4 is 17.7 Å². The fourth-order valence-electron chi connectivity index (χ4n) is 4.00. The molecule has 1 aromatic carbocycles. The zero-order valence-electron chi connectivity index (χ0n) is 19.5. The number of benzene rings is 1. The van der Waals surface area contributed by atoms with E-state index in [1.165, 1.54) is 11.3 Å². The second-order valence-electron chi connectivity index (χ2n) is 8.95. The van der Waals surface area contributed by atoms with Crippen molar-refractivity contribution in [3.63, 3.8) is 0 Å². The topological polar surface area (TPSA) is 66.3 Å². The van der Waals surface area contributed by atoms with Crippen LogP contribution in [0.1, 0.15) is 50.4 Å². The Morgan fingerprint density at radius 2 is 1.90 bits per heavy atom. The van der Waals surface area contributed by atoms with Crippen LogP contribution in [0.5, 0.6) is 0 Å². The molecule has 1 aromatic heterocycles. The molecule has 0 bridgehead atoms. The van der Waals surface area contributed by atoms with E-state index in [1.807, 2.05) is 0 Å². The van der Waals surface area contributed by atoms with Gasteiger partial charge in [-0.1, -0.05) is 38.1 Å². The first-order chi connectivity index (χ1) is 14.8. The Balaban J connectivity index is 1.61. The number of aromatic nitrogens is 3. The Morgan fingerprint density at radius 3 is 2.55 bits per heavy atom. The van der Waals surface area contributed by atoms with Crippen molar-refractivity contribution in [1.82, 2.24) is 25.0 Å². The molecule has 2 heterocycles. The zero-order chi connectivity index (χ0) is 22.4. The maximum Gasteiger partial charge on any atom is 0.217 e. The number of rotatable bonds is 8.